The number of carbonyl (C=O) groups excluding carboxylic acids is 5. The van der Waals surface area contributed by atoms with Crippen molar-refractivity contribution in [3.8, 4) is 0 Å². The lowest BCUT2D eigenvalue weighted by atomic mass is 9.84. The zero-order valence-corrected chi connectivity index (χ0v) is 37.9. The number of nitrogens with one attached hydrogen (secondary N) is 3. The van der Waals surface area contributed by atoms with Gasteiger partial charge in [-0.2, -0.15) is 0 Å². The molecule has 4 amide bonds. The van der Waals surface area contributed by atoms with E-state index >= 15 is 0 Å². The molecule has 14 heteroatoms. The second-order valence-corrected chi connectivity index (χ2v) is 17.1. The molecule has 0 saturated carbocycles. The van der Waals surface area contributed by atoms with Crippen molar-refractivity contribution in [1.82, 2.24) is 20.9 Å². The first-order chi connectivity index (χ1) is 29.0. The van der Waals surface area contributed by atoms with Crippen LogP contribution in [0.15, 0.2) is 60.7 Å². The van der Waals surface area contributed by atoms with Gasteiger partial charge in [0.2, 0.25) is 17.7 Å². The summed E-state index contributed by atoms with van der Waals surface area (Å²) in [6, 6.07) is 16.8. The maximum Gasteiger partial charge on any atom is 0.509 e. The molecule has 0 radical (unpaired) electrons. The Morgan fingerprint density at radius 3 is 2.03 bits per heavy atom. The topological polar surface area (TPSA) is 182 Å². The lowest BCUT2D eigenvalue weighted by Gasteiger charge is -2.36. The summed E-state index contributed by atoms with van der Waals surface area (Å²) in [5.41, 5.74) is 1.69. The van der Waals surface area contributed by atoms with E-state index < -0.39 is 66.3 Å². The van der Waals surface area contributed by atoms with E-state index in [9.17, 15) is 29.1 Å². The van der Waals surface area contributed by atoms with Crippen molar-refractivity contribution < 1.29 is 48.0 Å². The summed E-state index contributed by atoms with van der Waals surface area (Å²) in [6.45, 7) is 15.5. The second-order valence-electron chi connectivity index (χ2n) is 17.1. The Morgan fingerprint density at radius 1 is 0.820 bits per heavy atom. The molecule has 2 aromatic rings. The normalized spacial score (nSPS) is 18.5. The van der Waals surface area contributed by atoms with Gasteiger partial charge < -0.3 is 44.9 Å². The number of aliphatic hydroxyl groups excluding tert-OH is 1. The number of hydrogen-bond donors (Lipinski definition) is 4. The minimum atomic E-state index is -1.18. The number of nitrogens with zero attached hydrogens (tertiary/aromatic N) is 1. The van der Waals surface area contributed by atoms with E-state index in [1.165, 1.54) is 0 Å². The summed E-state index contributed by atoms with van der Waals surface area (Å²) in [4.78, 5) is 69.3. The van der Waals surface area contributed by atoms with E-state index in [0.717, 1.165) is 18.4 Å². The Hall–Kier alpha value is -4.53. The number of likely N-dealkylation sites (tertiary alicyclic amines) is 1. The number of benzene rings is 2. The predicted molar refractivity (Wildman–Crippen MR) is 233 cm³/mol. The van der Waals surface area contributed by atoms with E-state index in [1.54, 1.807) is 46.8 Å². The highest BCUT2D eigenvalue weighted by molar-refractivity contribution is 5.90. The number of ether oxygens (including phenoxy) is 4. The van der Waals surface area contributed by atoms with Crippen molar-refractivity contribution >= 4 is 29.8 Å². The van der Waals surface area contributed by atoms with Gasteiger partial charge in [-0.1, -0.05) is 116 Å². The van der Waals surface area contributed by atoms with Gasteiger partial charge in [-0.15, -0.1) is 0 Å². The summed E-state index contributed by atoms with van der Waals surface area (Å²) < 4.78 is 22.6. The molecule has 1 aliphatic rings. The molecule has 4 N–H and O–H groups in total. The van der Waals surface area contributed by atoms with E-state index in [0.29, 0.717) is 24.9 Å². The number of amides is 4. The molecule has 3 rings (SSSR count). The van der Waals surface area contributed by atoms with Crippen LogP contribution in [0.4, 0.5) is 4.79 Å². The van der Waals surface area contributed by atoms with Gasteiger partial charge in [-0.25, -0.2) is 4.79 Å². The Labute approximate surface area is 363 Å². The molecule has 10 atom stereocenters. The van der Waals surface area contributed by atoms with Gasteiger partial charge in [0, 0.05) is 39.6 Å². The quantitative estimate of drug-likeness (QED) is 0.0970. The van der Waals surface area contributed by atoms with Gasteiger partial charge in [0.1, 0.15) is 6.04 Å². The van der Waals surface area contributed by atoms with E-state index in [1.807, 2.05) is 88.4 Å². The maximum atomic E-state index is 14.1. The summed E-state index contributed by atoms with van der Waals surface area (Å²) in [5.74, 6) is -2.97. The zero-order chi connectivity index (χ0) is 45.2. The number of rotatable bonds is 24. The second kappa shape index (κ2) is 25.4. The third-order valence-electron chi connectivity index (χ3n) is 12.0. The summed E-state index contributed by atoms with van der Waals surface area (Å²) in [5, 5.41) is 19.6. The van der Waals surface area contributed by atoms with Crippen molar-refractivity contribution in [1.29, 1.82) is 0 Å². The number of carbonyl (C=O) groups is 5. The van der Waals surface area contributed by atoms with E-state index in [2.05, 4.69) is 16.0 Å². The van der Waals surface area contributed by atoms with Crippen LogP contribution in [0.2, 0.25) is 0 Å². The molecule has 0 unspecified atom stereocenters. The van der Waals surface area contributed by atoms with Gasteiger partial charge >= 0.3 is 6.16 Å². The fourth-order valence-electron chi connectivity index (χ4n) is 7.99. The van der Waals surface area contributed by atoms with Gasteiger partial charge in [0.15, 0.2) is 6.10 Å². The van der Waals surface area contributed by atoms with Crippen LogP contribution in [0.25, 0.3) is 0 Å². The highest BCUT2D eigenvalue weighted by Gasteiger charge is 2.42. The lowest BCUT2D eigenvalue weighted by molar-refractivity contribution is -0.143. The first kappa shape index (κ1) is 50.8. The first-order valence-corrected chi connectivity index (χ1v) is 21.9. The largest absolute Gasteiger partial charge is 0.509 e. The number of methoxy groups -OCH3 is 2. The third kappa shape index (κ3) is 15.1. The van der Waals surface area contributed by atoms with Crippen LogP contribution >= 0.6 is 0 Å². The van der Waals surface area contributed by atoms with Crippen LogP contribution in [0.5, 0.6) is 0 Å². The molecule has 0 spiro atoms. The molecular formula is C47H72N4O10. The minimum Gasteiger partial charge on any atom is -0.434 e. The Bertz CT molecular complexity index is 1660. The molecule has 0 aliphatic carbocycles. The van der Waals surface area contributed by atoms with E-state index in [-0.39, 0.29) is 55.2 Å². The Kier molecular flexibility index (Phi) is 21.2. The smallest absolute Gasteiger partial charge is 0.434 e. The molecular weight excluding hydrogens is 781 g/mol. The lowest BCUT2D eigenvalue weighted by Crippen LogP contribution is -2.55. The molecule has 61 heavy (non-hydrogen) atoms. The summed E-state index contributed by atoms with van der Waals surface area (Å²) >= 11 is 0. The molecule has 0 aromatic heterocycles. The van der Waals surface area contributed by atoms with Crippen molar-refractivity contribution in [2.45, 2.75) is 130 Å². The average molecular weight is 853 g/mol. The van der Waals surface area contributed by atoms with Crippen molar-refractivity contribution in [3.63, 3.8) is 0 Å². The Morgan fingerprint density at radius 2 is 1.46 bits per heavy atom. The van der Waals surface area contributed by atoms with Gasteiger partial charge in [-0.05, 0) is 48.6 Å². The molecule has 1 fully saturated rings. The monoisotopic (exact) mass is 853 g/mol. The molecule has 14 nitrogen and oxygen atoms in total. The molecule has 1 heterocycles. The van der Waals surface area contributed by atoms with Gasteiger partial charge in [0.05, 0.1) is 49.3 Å². The predicted octanol–water partition coefficient (Wildman–Crippen LogP) is 5.61. The highest BCUT2D eigenvalue weighted by Crippen LogP contribution is 2.30. The first-order valence-electron chi connectivity index (χ1n) is 21.9. The standard InChI is InChI=1S/C47H72N4O10/c1-11-31(6)36(28-48-45(55)40(29(2)3)50-46(56)42(30(4)5)61-47(57)60-26-24-34-19-14-12-15-20-34)38(58-9)27-39(52)51-25-18-23-37(51)43(59-10)32(7)44(54)49-33(8)41(53)35-21-16-13-17-22-35/h12-17,19-22,29-33,36-38,40-43,53H,11,18,23-28H2,1-10H3,(H,48,55)(H,49,54)(H,50,56)/t31-,32+,33+,36+,37-,38+,40-,41+,42-,43+/m0/s1. The molecule has 1 aliphatic heterocycles. The minimum absolute atomic E-state index is 0.0500. The van der Waals surface area contributed by atoms with Crippen LogP contribution < -0.4 is 16.0 Å². The Balaban J connectivity index is 1.63. The summed E-state index contributed by atoms with van der Waals surface area (Å²) in [7, 11) is 3.10. The molecule has 0 bridgehead atoms. The van der Waals surface area contributed by atoms with Crippen molar-refractivity contribution in [3.05, 3.63) is 71.8 Å². The third-order valence-corrected chi connectivity index (χ3v) is 12.0. The van der Waals surface area contributed by atoms with Crippen LogP contribution in [0.1, 0.15) is 98.3 Å². The van der Waals surface area contributed by atoms with Crippen molar-refractivity contribution in [2.24, 2.45) is 29.6 Å². The van der Waals surface area contributed by atoms with Gasteiger partial charge in [0.25, 0.3) is 5.91 Å². The molecule has 1 saturated heterocycles. The molecule has 340 valence electrons. The van der Waals surface area contributed by atoms with Crippen molar-refractivity contribution in [2.75, 3.05) is 33.9 Å². The van der Waals surface area contributed by atoms with Crippen LogP contribution in [0.3, 0.4) is 0 Å². The van der Waals surface area contributed by atoms with E-state index in [4.69, 9.17) is 18.9 Å². The van der Waals surface area contributed by atoms with Crippen LogP contribution in [0, 0.1) is 29.6 Å². The van der Waals surface area contributed by atoms with Crippen LogP contribution in [-0.2, 0) is 44.5 Å². The van der Waals surface area contributed by atoms with Crippen LogP contribution in [-0.4, -0.2) is 110 Å². The SMILES string of the molecule is CC[C@H](C)[C@@H](CNC(=O)[C@@H](NC(=O)[C@@H](OC(=O)OCCc1ccccc1)C(C)C)C(C)C)[C@@H](CC(=O)N1CCC[C@H]1[C@H](OC)[C@@H](C)C(=O)N[C@H](C)[C@@H](O)c1ccccc1)OC. The highest BCUT2D eigenvalue weighted by atomic mass is 16.7. The summed E-state index contributed by atoms with van der Waals surface area (Å²) in [6.07, 6.45) is -1.47. The zero-order valence-electron chi connectivity index (χ0n) is 37.9. The number of aliphatic hydroxyl groups is 1. The maximum absolute atomic E-state index is 14.1. The number of hydrogen-bond acceptors (Lipinski definition) is 10. The fraction of sp³-hybridized carbons (Fsp3) is 0.638. The average Bonchev–Trinajstić information content (AvgIpc) is 3.74. The fourth-order valence-corrected chi connectivity index (χ4v) is 7.99. The van der Waals surface area contributed by atoms with Gasteiger partial charge in [-0.3, -0.25) is 19.2 Å². The molecule has 2 aromatic carbocycles.